The van der Waals surface area contributed by atoms with Crippen LogP contribution < -0.4 is 5.73 Å². The largest absolute Gasteiger partial charge is 0.444 e. The lowest BCUT2D eigenvalue weighted by Crippen LogP contribution is -2.45. The number of carbonyl (C=O) groups excluding carboxylic acids is 1. The number of thioether (sulfide) groups is 1. The van der Waals surface area contributed by atoms with Crippen molar-refractivity contribution >= 4 is 30.1 Å². The molecule has 1 saturated heterocycles. The minimum Gasteiger partial charge on any atom is -0.444 e. The molecule has 0 saturated carbocycles. The molecule has 1 aromatic carbocycles. The summed E-state index contributed by atoms with van der Waals surface area (Å²) < 4.78 is 5.53. The Balaban J connectivity index is 0.00000243. The van der Waals surface area contributed by atoms with Crippen LogP contribution in [0.15, 0.2) is 41.0 Å². The number of likely N-dealkylation sites (tertiary alicyclic amines) is 1. The van der Waals surface area contributed by atoms with Gasteiger partial charge in [0, 0.05) is 30.4 Å². The highest BCUT2D eigenvalue weighted by Crippen LogP contribution is 2.22. The van der Waals surface area contributed by atoms with E-state index >= 15 is 0 Å². The molecule has 2 atom stereocenters. The summed E-state index contributed by atoms with van der Waals surface area (Å²) in [5.74, 6) is 2.39. The van der Waals surface area contributed by atoms with E-state index in [4.69, 9.17) is 10.2 Å². The van der Waals surface area contributed by atoms with E-state index in [-0.39, 0.29) is 24.4 Å². The molecule has 26 heavy (non-hydrogen) atoms. The van der Waals surface area contributed by atoms with Gasteiger partial charge in [0.25, 0.3) is 0 Å². The van der Waals surface area contributed by atoms with Crippen molar-refractivity contribution < 1.29 is 9.21 Å². The second kappa shape index (κ2) is 10.00. The van der Waals surface area contributed by atoms with Crippen molar-refractivity contribution in [2.45, 2.75) is 31.6 Å². The van der Waals surface area contributed by atoms with E-state index in [1.807, 2.05) is 42.2 Å². The van der Waals surface area contributed by atoms with Crippen LogP contribution in [0.1, 0.15) is 25.5 Å². The number of nitrogens with two attached hydrogens (primary N) is 1. The third-order valence-electron chi connectivity index (χ3n) is 4.60. The molecule has 0 aliphatic carbocycles. The van der Waals surface area contributed by atoms with Crippen LogP contribution in [0.5, 0.6) is 0 Å². The molecule has 2 N–H and O–H groups in total. The Morgan fingerprint density at radius 1 is 1.42 bits per heavy atom. The fourth-order valence-electron chi connectivity index (χ4n) is 3.09. The van der Waals surface area contributed by atoms with Crippen LogP contribution in [0.3, 0.4) is 0 Å². The van der Waals surface area contributed by atoms with Gasteiger partial charge in [-0.15, -0.1) is 24.2 Å². The fourth-order valence-corrected chi connectivity index (χ4v) is 3.89. The molecule has 1 fully saturated rings. The van der Waals surface area contributed by atoms with Crippen molar-refractivity contribution in [2.75, 3.05) is 18.8 Å². The molecule has 5 nitrogen and oxygen atoms in total. The molecule has 2 unspecified atom stereocenters. The summed E-state index contributed by atoms with van der Waals surface area (Å²) in [6.45, 7) is 3.67. The predicted molar refractivity (Wildman–Crippen MR) is 108 cm³/mol. The Morgan fingerprint density at radius 3 is 2.92 bits per heavy atom. The summed E-state index contributed by atoms with van der Waals surface area (Å²) in [7, 11) is 0. The molecule has 1 aliphatic heterocycles. The van der Waals surface area contributed by atoms with Gasteiger partial charge in [-0.1, -0.05) is 18.2 Å². The van der Waals surface area contributed by atoms with E-state index < -0.39 is 0 Å². The zero-order valence-electron chi connectivity index (χ0n) is 15.0. The summed E-state index contributed by atoms with van der Waals surface area (Å²) in [6.07, 6.45) is 3.84. The number of hydrogen-bond donors (Lipinski definition) is 1. The van der Waals surface area contributed by atoms with Crippen molar-refractivity contribution in [1.82, 2.24) is 9.88 Å². The molecule has 1 amide bonds. The standard InChI is InChI=1S/C19H25N3O2S.ClH/c1-14(20)16-8-5-9-22(10-16)18(23)13-25-12-17-11-24-19(21-17)15-6-3-2-4-7-15;/h2-4,6-7,11,14,16H,5,8-10,12-13,20H2,1H3;1H. The molecule has 142 valence electrons. The second-order valence-electron chi connectivity index (χ2n) is 6.60. The van der Waals surface area contributed by atoms with Gasteiger partial charge in [0.05, 0.1) is 11.4 Å². The Morgan fingerprint density at radius 2 is 2.19 bits per heavy atom. The smallest absolute Gasteiger partial charge is 0.232 e. The molecule has 0 radical (unpaired) electrons. The first kappa shape index (κ1) is 20.8. The quantitative estimate of drug-likeness (QED) is 0.809. The van der Waals surface area contributed by atoms with E-state index in [0.717, 1.165) is 37.2 Å². The molecule has 0 spiro atoms. The van der Waals surface area contributed by atoms with Crippen molar-refractivity contribution in [3.05, 3.63) is 42.3 Å². The average molecular weight is 396 g/mol. The van der Waals surface area contributed by atoms with Gasteiger partial charge in [-0.05, 0) is 37.8 Å². The van der Waals surface area contributed by atoms with Crippen LogP contribution in [0, 0.1) is 5.92 Å². The highest BCUT2D eigenvalue weighted by atomic mass is 35.5. The summed E-state index contributed by atoms with van der Waals surface area (Å²) in [6, 6.07) is 9.97. The summed E-state index contributed by atoms with van der Waals surface area (Å²) in [5, 5.41) is 0. The lowest BCUT2D eigenvalue weighted by Gasteiger charge is -2.34. The fraction of sp³-hybridized carbons (Fsp3) is 0.474. The molecule has 0 bridgehead atoms. The Labute approximate surface area is 165 Å². The first-order valence-corrected chi connectivity index (χ1v) is 9.90. The van der Waals surface area contributed by atoms with E-state index in [9.17, 15) is 4.79 Å². The van der Waals surface area contributed by atoms with Gasteiger partial charge in [-0.3, -0.25) is 4.79 Å². The van der Waals surface area contributed by atoms with Crippen LogP contribution in [0.4, 0.5) is 0 Å². The number of carbonyl (C=O) groups is 1. The lowest BCUT2D eigenvalue weighted by molar-refractivity contribution is -0.130. The number of rotatable bonds is 6. The Kier molecular flexibility index (Phi) is 8.00. The number of piperidine rings is 1. The van der Waals surface area contributed by atoms with E-state index in [0.29, 0.717) is 23.3 Å². The van der Waals surface area contributed by atoms with Crippen molar-refractivity contribution in [3.63, 3.8) is 0 Å². The third-order valence-corrected chi connectivity index (χ3v) is 5.55. The summed E-state index contributed by atoms with van der Waals surface area (Å²) in [4.78, 5) is 18.9. The zero-order valence-corrected chi connectivity index (χ0v) is 16.6. The number of oxazole rings is 1. The molecule has 1 aliphatic rings. The van der Waals surface area contributed by atoms with Gasteiger partial charge >= 0.3 is 0 Å². The van der Waals surface area contributed by atoms with Gasteiger partial charge in [0.2, 0.25) is 11.8 Å². The average Bonchev–Trinajstić information content (AvgIpc) is 3.11. The SMILES string of the molecule is CC(N)C1CCCN(C(=O)CSCc2coc(-c3ccccc3)n2)C1.Cl. The number of halogens is 1. The molecule has 3 rings (SSSR count). The minimum absolute atomic E-state index is 0. The van der Waals surface area contributed by atoms with Crippen LogP contribution in [-0.4, -0.2) is 40.7 Å². The van der Waals surface area contributed by atoms with Crippen LogP contribution in [0.2, 0.25) is 0 Å². The monoisotopic (exact) mass is 395 g/mol. The number of aromatic nitrogens is 1. The first-order valence-electron chi connectivity index (χ1n) is 8.74. The highest BCUT2D eigenvalue weighted by molar-refractivity contribution is 7.99. The van der Waals surface area contributed by atoms with Gasteiger partial charge in [0.15, 0.2) is 0 Å². The number of hydrogen-bond acceptors (Lipinski definition) is 5. The predicted octanol–water partition coefficient (Wildman–Crippen LogP) is 3.58. The number of amides is 1. The zero-order chi connectivity index (χ0) is 17.6. The maximum Gasteiger partial charge on any atom is 0.232 e. The third kappa shape index (κ3) is 5.50. The normalized spacial score (nSPS) is 18.2. The number of benzene rings is 1. The Hall–Kier alpha value is -1.50. The van der Waals surface area contributed by atoms with E-state index in [1.54, 1.807) is 18.0 Å². The molecular formula is C19H26ClN3O2S. The second-order valence-corrected chi connectivity index (χ2v) is 7.59. The van der Waals surface area contributed by atoms with Gasteiger partial charge in [0.1, 0.15) is 6.26 Å². The topological polar surface area (TPSA) is 72.4 Å². The van der Waals surface area contributed by atoms with Crippen LogP contribution in [-0.2, 0) is 10.5 Å². The lowest BCUT2D eigenvalue weighted by atomic mass is 9.92. The Bertz CT molecular complexity index is 693. The van der Waals surface area contributed by atoms with Gasteiger partial charge < -0.3 is 15.1 Å². The van der Waals surface area contributed by atoms with Gasteiger partial charge in [-0.2, -0.15) is 0 Å². The molecule has 1 aromatic heterocycles. The first-order chi connectivity index (χ1) is 12.1. The number of nitrogens with zero attached hydrogens (tertiary/aromatic N) is 2. The molecule has 2 heterocycles. The van der Waals surface area contributed by atoms with E-state index in [2.05, 4.69) is 4.98 Å². The molecular weight excluding hydrogens is 370 g/mol. The van der Waals surface area contributed by atoms with Crippen LogP contribution in [0.25, 0.3) is 11.5 Å². The van der Waals surface area contributed by atoms with E-state index in [1.165, 1.54) is 0 Å². The van der Waals surface area contributed by atoms with Crippen LogP contribution >= 0.6 is 24.2 Å². The maximum atomic E-state index is 12.4. The summed E-state index contributed by atoms with van der Waals surface area (Å²) in [5.41, 5.74) is 7.82. The maximum absolute atomic E-state index is 12.4. The molecule has 2 aromatic rings. The van der Waals surface area contributed by atoms with Gasteiger partial charge in [-0.25, -0.2) is 4.98 Å². The minimum atomic E-state index is 0. The molecule has 7 heteroatoms. The highest BCUT2D eigenvalue weighted by Gasteiger charge is 2.25. The summed E-state index contributed by atoms with van der Waals surface area (Å²) >= 11 is 1.58. The van der Waals surface area contributed by atoms with Crippen molar-refractivity contribution in [2.24, 2.45) is 11.7 Å². The van der Waals surface area contributed by atoms with Crippen molar-refractivity contribution in [1.29, 1.82) is 0 Å². The van der Waals surface area contributed by atoms with Crippen molar-refractivity contribution in [3.8, 4) is 11.5 Å².